The molecule has 0 radical (unpaired) electrons. The first-order chi connectivity index (χ1) is 21.2. The van der Waals surface area contributed by atoms with Gasteiger partial charge in [0.15, 0.2) is 0 Å². The van der Waals surface area contributed by atoms with Crippen molar-refractivity contribution in [3.63, 3.8) is 0 Å². The topological polar surface area (TPSA) is 96.5 Å². The van der Waals surface area contributed by atoms with Gasteiger partial charge < -0.3 is 20.7 Å². The normalized spacial score (nSPS) is 11.8. The Morgan fingerprint density at radius 3 is 2.30 bits per heavy atom. The Hall–Kier alpha value is -3.95. The largest absolute Gasteiger partial charge is 0.495 e. The molecule has 1 unspecified atom stereocenters. The van der Waals surface area contributed by atoms with Crippen molar-refractivity contribution in [2.24, 2.45) is 0 Å². The Morgan fingerprint density at radius 2 is 1.59 bits per heavy atom. The highest BCUT2D eigenvalue weighted by molar-refractivity contribution is 8.00. The van der Waals surface area contributed by atoms with Crippen LogP contribution in [0.2, 0.25) is 15.1 Å². The number of methoxy groups -OCH3 is 1. The van der Waals surface area contributed by atoms with Crippen molar-refractivity contribution >= 4 is 81.7 Å². The van der Waals surface area contributed by atoms with Crippen LogP contribution in [-0.2, 0) is 9.59 Å². The lowest BCUT2D eigenvalue weighted by molar-refractivity contribution is -0.116. The molecule has 7 nitrogen and oxygen atoms in total. The molecule has 4 aromatic carbocycles. The van der Waals surface area contributed by atoms with Gasteiger partial charge in [0.1, 0.15) is 11.4 Å². The van der Waals surface area contributed by atoms with Gasteiger partial charge in [0.05, 0.1) is 18.0 Å². The molecule has 0 heterocycles. The number of thioether (sulfide) groups is 1. The zero-order chi connectivity index (χ0) is 31.6. The van der Waals surface area contributed by atoms with Crippen LogP contribution in [0.3, 0.4) is 0 Å². The van der Waals surface area contributed by atoms with Crippen LogP contribution in [0.1, 0.15) is 29.3 Å². The van der Waals surface area contributed by atoms with E-state index in [4.69, 9.17) is 39.5 Å². The summed E-state index contributed by atoms with van der Waals surface area (Å²) >= 11 is 19.9. The number of nitrogens with one attached hydrogen (secondary N) is 3. The Morgan fingerprint density at radius 1 is 0.864 bits per heavy atom. The van der Waals surface area contributed by atoms with Gasteiger partial charge in [0.2, 0.25) is 5.91 Å². The number of amides is 3. The Labute approximate surface area is 274 Å². The number of hydrogen-bond donors (Lipinski definition) is 3. The molecule has 0 saturated carbocycles. The van der Waals surface area contributed by atoms with Crippen molar-refractivity contribution in [2.45, 2.75) is 23.5 Å². The number of rotatable bonds is 11. The average molecular weight is 669 g/mol. The second kappa shape index (κ2) is 15.7. The van der Waals surface area contributed by atoms with Gasteiger partial charge in [-0.15, -0.1) is 11.8 Å². The molecule has 4 rings (SSSR count). The van der Waals surface area contributed by atoms with Crippen LogP contribution < -0.4 is 20.7 Å². The summed E-state index contributed by atoms with van der Waals surface area (Å²) in [6, 6.07) is 25.4. The van der Waals surface area contributed by atoms with Crippen molar-refractivity contribution in [1.82, 2.24) is 5.32 Å². The SMILES string of the molecule is CCC(Sc1cccc(NC(=O)/C(=C\c2ccc(Cl)cc2Cl)NC(=O)c2ccccc2)c1)C(=O)Nc1cc(Cl)ccc1OC. The monoisotopic (exact) mass is 667 g/mol. The van der Waals surface area contributed by atoms with Crippen molar-refractivity contribution in [1.29, 1.82) is 0 Å². The quantitative estimate of drug-likeness (QED) is 0.110. The first kappa shape index (κ1) is 33.0. The van der Waals surface area contributed by atoms with E-state index in [1.165, 1.54) is 24.9 Å². The van der Waals surface area contributed by atoms with E-state index < -0.39 is 17.1 Å². The molecular formula is C33H28Cl3N3O4S. The van der Waals surface area contributed by atoms with Gasteiger partial charge in [-0.25, -0.2) is 0 Å². The zero-order valence-corrected chi connectivity index (χ0v) is 26.8. The molecule has 3 N–H and O–H groups in total. The first-order valence-electron chi connectivity index (χ1n) is 13.4. The molecule has 0 bridgehead atoms. The van der Waals surface area contributed by atoms with Crippen molar-refractivity contribution < 1.29 is 19.1 Å². The molecule has 0 aliphatic rings. The van der Waals surface area contributed by atoms with E-state index in [-0.39, 0.29) is 11.6 Å². The summed E-state index contributed by atoms with van der Waals surface area (Å²) in [5.74, 6) is -0.758. The van der Waals surface area contributed by atoms with Crippen LogP contribution in [0.5, 0.6) is 5.75 Å². The Bertz CT molecular complexity index is 1700. The van der Waals surface area contributed by atoms with E-state index in [1.807, 2.05) is 13.0 Å². The molecule has 11 heteroatoms. The lowest BCUT2D eigenvalue weighted by Gasteiger charge is -2.17. The summed E-state index contributed by atoms with van der Waals surface area (Å²) in [5.41, 5.74) is 1.79. The highest BCUT2D eigenvalue weighted by atomic mass is 35.5. The van der Waals surface area contributed by atoms with Crippen LogP contribution in [0, 0.1) is 0 Å². The Balaban J connectivity index is 1.53. The van der Waals surface area contributed by atoms with Gasteiger partial charge in [-0.05, 0) is 78.7 Å². The molecule has 0 aromatic heterocycles. The predicted octanol–water partition coefficient (Wildman–Crippen LogP) is 8.57. The molecule has 226 valence electrons. The molecule has 0 spiro atoms. The summed E-state index contributed by atoms with van der Waals surface area (Å²) in [5, 5.41) is 9.19. The van der Waals surface area contributed by atoms with Crippen LogP contribution in [-0.4, -0.2) is 30.1 Å². The van der Waals surface area contributed by atoms with E-state index in [0.29, 0.717) is 49.7 Å². The third-order valence-corrected chi connectivity index (χ3v) is 8.40. The van der Waals surface area contributed by atoms with E-state index >= 15 is 0 Å². The van der Waals surface area contributed by atoms with Crippen LogP contribution >= 0.6 is 46.6 Å². The first-order valence-corrected chi connectivity index (χ1v) is 15.4. The smallest absolute Gasteiger partial charge is 0.272 e. The number of ether oxygens (including phenoxy) is 1. The van der Waals surface area contributed by atoms with Gasteiger partial charge >= 0.3 is 0 Å². The summed E-state index contributed by atoms with van der Waals surface area (Å²) in [6.07, 6.45) is 2.02. The van der Waals surface area contributed by atoms with E-state index in [2.05, 4.69) is 16.0 Å². The molecule has 3 amide bonds. The molecule has 0 saturated heterocycles. The maximum absolute atomic E-state index is 13.5. The molecule has 0 aliphatic heterocycles. The molecule has 4 aromatic rings. The van der Waals surface area contributed by atoms with Crippen molar-refractivity contribution in [3.05, 3.63) is 123 Å². The standard InChI is InChI=1S/C33H28Cl3N3O4S/c1-3-30(33(42)38-27-18-23(35)14-15-29(27)43-2)44-25-11-7-10-24(19-25)37-32(41)28(16-21-12-13-22(34)17-26(21)36)39-31(40)20-8-5-4-6-9-20/h4-19,30H,3H2,1-2H3,(H,37,41)(H,38,42)(H,39,40)/b28-16+. The summed E-state index contributed by atoms with van der Waals surface area (Å²) < 4.78 is 5.34. The summed E-state index contributed by atoms with van der Waals surface area (Å²) in [4.78, 5) is 40.4. The van der Waals surface area contributed by atoms with Gasteiger partial charge in [0, 0.05) is 31.2 Å². The van der Waals surface area contributed by atoms with E-state index in [9.17, 15) is 14.4 Å². The fourth-order valence-electron chi connectivity index (χ4n) is 4.04. The van der Waals surface area contributed by atoms with E-state index in [1.54, 1.807) is 84.9 Å². The van der Waals surface area contributed by atoms with Crippen LogP contribution in [0.15, 0.2) is 102 Å². The number of halogens is 3. The number of carbonyl (C=O) groups excluding carboxylic acids is 3. The maximum Gasteiger partial charge on any atom is 0.272 e. The minimum absolute atomic E-state index is 0.0255. The van der Waals surface area contributed by atoms with Gasteiger partial charge in [-0.1, -0.05) is 72.1 Å². The Kier molecular flexibility index (Phi) is 11.7. The van der Waals surface area contributed by atoms with Gasteiger partial charge in [-0.3, -0.25) is 14.4 Å². The lowest BCUT2D eigenvalue weighted by atomic mass is 10.1. The molecular weight excluding hydrogens is 641 g/mol. The lowest BCUT2D eigenvalue weighted by Crippen LogP contribution is -2.30. The number of benzene rings is 4. The molecule has 0 fully saturated rings. The molecule has 44 heavy (non-hydrogen) atoms. The number of anilines is 2. The number of hydrogen-bond acceptors (Lipinski definition) is 5. The van der Waals surface area contributed by atoms with Crippen molar-refractivity contribution in [3.8, 4) is 5.75 Å². The van der Waals surface area contributed by atoms with Gasteiger partial charge in [-0.2, -0.15) is 0 Å². The minimum atomic E-state index is -0.569. The number of carbonyl (C=O) groups is 3. The highest BCUT2D eigenvalue weighted by Gasteiger charge is 2.21. The summed E-state index contributed by atoms with van der Waals surface area (Å²) in [7, 11) is 1.52. The van der Waals surface area contributed by atoms with E-state index in [0.717, 1.165) is 4.90 Å². The third kappa shape index (κ3) is 9.03. The zero-order valence-electron chi connectivity index (χ0n) is 23.7. The van der Waals surface area contributed by atoms with Crippen LogP contribution in [0.25, 0.3) is 6.08 Å². The van der Waals surface area contributed by atoms with Gasteiger partial charge in [0.25, 0.3) is 11.8 Å². The minimum Gasteiger partial charge on any atom is -0.495 e. The summed E-state index contributed by atoms with van der Waals surface area (Å²) in [6.45, 7) is 1.91. The molecule has 1 atom stereocenters. The third-order valence-electron chi connectivity index (χ3n) is 6.24. The predicted molar refractivity (Wildman–Crippen MR) is 180 cm³/mol. The average Bonchev–Trinajstić information content (AvgIpc) is 3.01. The second-order valence-corrected chi connectivity index (χ2v) is 11.9. The fourth-order valence-corrected chi connectivity index (χ4v) is 5.69. The highest BCUT2D eigenvalue weighted by Crippen LogP contribution is 2.32. The maximum atomic E-state index is 13.5. The van der Waals surface area contributed by atoms with Crippen LogP contribution in [0.4, 0.5) is 11.4 Å². The molecule has 0 aliphatic carbocycles. The van der Waals surface area contributed by atoms with Crippen molar-refractivity contribution in [2.75, 3.05) is 17.7 Å². The second-order valence-electron chi connectivity index (χ2n) is 9.37. The fraction of sp³-hybridized carbons (Fsp3) is 0.121.